The highest BCUT2D eigenvalue weighted by molar-refractivity contribution is 6.30. The Kier molecular flexibility index (Phi) is 5.07. The highest BCUT2D eigenvalue weighted by Gasteiger charge is 2.33. The van der Waals surface area contributed by atoms with E-state index in [9.17, 15) is 9.59 Å². The van der Waals surface area contributed by atoms with Crippen molar-refractivity contribution in [1.82, 2.24) is 10.2 Å². The molecule has 1 fully saturated rings. The van der Waals surface area contributed by atoms with Gasteiger partial charge in [-0.1, -0.05) is 23.7 Å². The number of benzene rings is 1. The van der Waals surface area contributed by atoms with Crippen LogP contribution in [0.15, 0.2) is 24.3 Å². The number of urea groups is 1. The Hall–Kier alpha value is -1.75. The van der Waals surface area contributed by atoms with Crippen LogP contribution in [0.2, 0.25) is 5.02 Å². The first-order chi connectivity index (χ1) is 9.97. The average molecular weight is 311 g/mol. The van der Waals surface area contributed by atoms with Crippen LogP contribution in [0.1, 0.15) is 37.8 Å². The fraction of sp³-hybridized carbons (Fsp3) is 0.467. The lowest BCUT2D eigenvalue weighted by Crippen LogP contribution is -2.43. The molecule has 0 aliphatic heterocycles. The van der Waals surface area contributed by atoms with E-state index in [0.29, 0.717) is 5.02 Å². The Balaban J connectivity index is 1.94. The minimum atomic E-state index is -0.890. The molecule has 114 valence electrons. The number of amides is 2. The van der Waals surface area contributed by atoms with E-state index in [1.54, 1.807) is 17.0 Å². The lowest BCUT2D eigenvalue weighted by atomic mass is 10.1. The molecule has 1 unspecified atom stereocenters. The van der Waals surface area contributed by atoms with Gasteiger partial charge in [0.15, 0.2) is 0 Å². The maximum absolute atomic E-state index is 12.3. The van der Waals surface area contributed by atoms with Gasteiger partial charge in [0, 0.05) is 17.6 Å². The number of hydrogen-bond donors (Lipinski definition) is 2. The Bertz CT molecular complexity index is 514. The predicted octanol–water partition coefficient (Wildman–Crippen LogP) is 3.05. The lowest BCUT2D eigenvalue weighted by molar-refractivity contribution is -0.137. The summed E-state index contributed by atoms with van der Waals surface area (Å²) >= 11 is 5.84. The van der Waals surface area contributed by atoms with Crippen molar-refractivity contribution in [2.75, 3.05) is 6.54 Å². The first kappa shape index (κ1) is 15.6. The number of hydrogen-bond acceptors (Lipinski definition) is 2. The van der Waals surface area contributed by atoms with Crippen LogP contribution in [0, 0.1) is 0 Å². The number of carbonyl (C=O) groups is 2. The third-order valence-electron chi connectivity index (χ3n) is 3.53. The first-order valence-electron chi connectivity index (χ1n) is 7.01. The smallest absolute Gasteiger partial charge is 0.318 e. The van der Waals surface area contributed by atoms with Crippen LogP contribution in [-0.4, -0.2) is 34.6 Å². The number of halogens is 1. The van der Waals surface area contributed by atoms with Crippen molar-refractivity contribution in [3.8, 4) is 0 Å². The molecule has 2 N–H and O–H groups in total. The molecule has 1 aliphatic carbocycles. The quantitative estimate of drug-likeness (QED) is 0.848. The summed E-state index contributed by atoms with van der Waals surface area (Å²) in [5.74, 6) is -0.890. The first-order valence-corrected chi connectivity index (χ1v) is 7.39. The number of rotatable bonds is 6. The number of nitrogens with zero attached hydrogens (tertiary/aromatic N) is 1. The molecule has 2 rings (SSSR count). The van der Waals surface area contributed by atoms with E-state index in [1.807, 2.05) is 19.1 Å². The molecule has 1 aromatic rings. The van der Waals surface area contributed by atoms with Gasteiger partial charge in [-0.3, -0.25) is 4.79 Å². The third kappa shape index (κ3) is 4.63. The second-order valence-electron chi connectivity index (χ2n) is 5.29. The summed E-state index contributed by atoms with van der Waals surface area (Å²) in [5, 5.41) is 12.3. The molecule has 0 bridgehead atoms. The Labute approximate surface area is 128 Å². The number of carboxylic acids is 1. The summed E-state index contributed by atoms with van der Waals surface area (Å²) in [5.41, 5.74) is 0.960. The molecule has 2 amide bonds. The minimum absolute atomic E-state index is 0.0285. The van der Waals surface area contributed by atoms with E-state index in [1.165, 1.54) is 0 Å². The van der Waals surface area contributed by atoms with E-state index in [0.717, 1.165) is 18.4 Å². The lowest BCUT2D eigenvalue weighted by Gasteiger charge is -2.24. The maximum atomic E-state index is 12.3. The average Bonchev–Trinajstić information content (AvgIpc) is 3.23. The molecule has 1 aromatic carbocycles. The fourth-order valence-corrected chi connectivity index (χ4v) is 2.28. The molecule has 0 aromatic heterocycles. The molecule has 0 saturated heterocycles. The summed E-state index contributed by atoms with van der Waals surface area (Å²) in [6, 6.07) is 7.12. The van der Waals surface area contributed by atoms with Crippen molar-refractivity contribution >= 4 is 23.6 Å². The number of nitrogens with one attached hydrogen (secondary N) is 1. The molecule has 5 nitrogen and oxygen atoms in total. The molecule has 1 aliphatic rings. The van der Waals surface area contributed by atoms with Gasteiger partial charge in [0.25, 0.3) is 0 Å². The highest BCUT2D eigenvalue weighted by atomic mass is 35.5. The molecule has 0 heterocycles. The molecule has 1 saturated carbocycles. The van der Waals surface area contributed by atoms with Crippen molar-refractivity contribution in [2.45, 2.75) is 38.3 Å². The van der Waals surface area contributed by atoms with E-state index in [-0.39, 0.29) is 31.1 Å². The van der Waals surface area contributed by atoms with Gasteiger partial charge in [0.05, 0.1) is 12.5 Å². The van der Waals surface area contributed by atoms with Crippen molar-refractivity contribution in [2.24, 2.45) is 0 Å². The summed E-state index contributed by atoms with van der Waals surface area (Å²) < 4.78 is 0. The Morgan fingerprint density at radius 3 is 2.52 bits per heavy atom. The summed E-state index contributed by atoms with van der Waals surface area (Å²) in [6.07, 6.45) is 1.87. The molecular weight excluding hydrogens is 292 g/mol. The Morgan fingerprint density at radius 2 is 2.00 bits per heavy atom. The molecule has 0 radical (unpaired) electrons. The number of carboxylic acid groups (broad SMARTS) is 1. The van der Waals surface area contributed by atoms with Crippen LogP contribution in [-0.2, 0) is 4.79 Å². The normalized spacial score (nSPS) is 15.3. The second-order valence-corrected chi connectivity index (χ2v) is 5.73. The van der Waals surface area contributed by atoms with E-state index >= 15 is 0 Å². The van der Waals surface area contributed by atoms with E-state index in [2.05, 4.69) is 5.32 Å². The van der Waals surface area contributed by atoms with E-state index < -0.39 is 5.97 Å². The maximum Gasteiger partial charge on any atom is 0.318 e. The standard InChI is InChI=1S/C15H19ClN2O3/c1-10(11-2-4-12(16)5-3-11)17-15(21)18(13-6-7-13)9-8-14(19)20/h2-5,10,13H,6-9H2,1H3,(H,17,21)(H,19,20). The van der Waals surface area contributed by atoms with Gasteiger partial charge >= 0.3 is 12.0 Å². The molecule has 21 heavy (non-hydrogen) atoms. The Morgan fingerprint density at radius 1 is 1.38 bits per heavy atom. The predicted molar refractivity (Wildman–Crippen MR) is 80.4 cm³/mol. The molecule has 1 atom stereocenters. The number of aliphatic carboxylic acids is 1. The minimum Gasteiger partial charge on any atom is -0.481 e. The van der Waals surface area contributed by atoms with Crippen LogP contribution < -0.4 is 5.32 Å². The third-order valence-corrected chi connectivity index (χ3v) is 3.78. The van der Waals surface area contributed by atoms with Gasteiger partial charge in [0.2, 0.25) is 0 Å². The van der Waals surface area contributed by atoms with Crippen LogP contribution >= 0.6 is 11.6 Å². The van der Waals surface area contributed by atoms with Crippen LogP contribution in [0.5, 0.6) is 0 Å². The van der Waals surface area contributed by atoms with Crippen molar-refractivity contribution in [1.29, 1.82) is 0 Å². The summed E-state index contributed by atoms with van der Waals surface area (Å²) in [6.45, 7) is 2.14. The van der Waals surface area contributed by atoms with Crippen LogP contribution in [0.3, 0.4) is 0 Å². The highest BCUT2D eigenvalue weighted by Crippen LogP contribution is 2.27. The number of carbonyl (C=O) groups excluding carboxylic acids is 1. The fourth-order valence-electron chi connectivity index (χ4n) is 2.16. The molecule has 0 spiro atoms. The van der Waals surface area contributed by atoms with Crippen LogP contribution in [0.25, 0.3) is 0 Å². The summed E-state index contributed by atoms with van der Waals surface area (Å²) in [4.78, 5) is 24.6. The van der Waals surface area contributed by atoms with Crippen molar-refractivity contribution in [3.63, 3.8) is 0 Å². The zero-order valence-corrected chi connectivity index (χ0v) is 12.6. The van der Waals surface area contributed by atoms with Gasteiger partial charge in [-0.25, -0.2) is 4.79 Å². The van der Waals surface area contributed by atoms with Gasteiger partial charge in [-0.15, -0.1) is 0 Å². The largest absolute Gasteiger partial charge is 0.481 e. The second kappa shape index (κ2) is 6.80. The van der Waals surface area contributed by atoms with Gasteiger partial charge in [-0.05, 0) is 37.5 Å². The molecule has 6 heteroatoms. The monoisotopic (exact) mass is 310 g/mol. The zero-order valence-electron chi connectivity index (χ0n) is 11.9. The summed E-state index contributed by atoms with van der Waals surface area (Å²) in [7, 11) is 0. The zero-order chi connectivity index (χ0) is 15.4. The van der Waals surface area contributed by atoms with E-state index in [4.69, 9.17) is 16.7 Å². The topological polar surface area (TPSA) is 69.6 Å². The van der Waals surface area contributed by atoms with Crippen LogP contribution in [0.4, 0.5) is 4.79 Å². The van der Waals surface area contributed by atoms with Gasteiger partial charge in [0.1, 0.15) is 0 Å². The van der Waals surface area contributed by atoms with Gasteiger partial charge in [-0.2, -0.15) is 0 Å². The van der Waals surface area contributed by atoms with Crippen molar-refractivity contribution in [3.05, 3.63) is 34.9 Å². The van der Waals surface area contributed by atoms with Gasteiger partial charge < -0.3 is 15.3 Å². The van der Waals surface area contributed by atoms with Crippen molar-refractivity contribution < 1.29 is 14.7 Å². The molecular formula is C15H19ClN2O3. The SMILES string of the molecule is CC(NC(=O)N(CCC(=O)O)C1CC1)c1ccc(Cl)cc1.